The van der Waals surface area contributed by atoms with E-state index in [4.69, 9.17) is 9.97 Å². The molecule has 12 rings (SSSR count). The number of rotatable bonds is 6. The molecule has 1 aliphatic rings. The molecule has 9 aromatic carbocycles. The molecule has 0 N–H and O–H groups in total. The van der Waals surface area contributed by atoms with Gasteiger partial charge in [-0.3, -0.25) is 0 Å². The van der Waals surface area contributed by atoms with Gasteiger partial charge in [-0.05, 0) is 91.7 Å². The fourth-order valence-electron chi connectivity index (χ4n) is 9.93. The molecule has 0 amide bonds. The summed E-state index contributed by atoms with van der Waals surface area (Å²) >= 11 is 0. The van der Waals surface area contributed by atoms with Crippen LogP contribution in [0.2, 0.25) is 0 Å². The van der Waals surface area contributed by atoms with Crippen molar-refractivity contribution in [1.82, 2.24) is 14.5 Å². The maximum atomic E-state index is 5.28. The molecular weight excluding hydrogens is 751 g/mol. The van der Waals surface area contributed by atoms with E-state index in [0.29, 0.717) is 5.82 Å². The number of para-hydroxylation sites is 2. The van der Waals surface area contributed by atoms with E-state index in [1.165, 1.54) is 71.7 Å². The second-order valence-corrected chi connectivity index (χ2v) is 17.0. The van der Waals surface area contributed by atoms with Gasteiger partial charge in [-0.2, -0.15) is 0 Å². The first-order valence-corrected chi connectivity index (χ1v) is 21.4. The van der Waals surface area contributed by atoms with Crippen LogP contribution in [0.5, 0.6) is 0 Å². The van der Waals surface area contributed by atoms with Crippen molar-refractivity contribution in [3.8, 4) is 73.0 Å². The highest BCUT2D eigenvalue weighted by molar-refractivity contribution is 6.12. The highest BCUT2D eigenvalue weighted by Gasteiger charge is 2.35. The Morgan fingerprint density at radius 1 is 0.339 bits per heavy atom. The summed E-state index contributed by atoms with van der Waals surface area (Å²) < 4.78 is 2.39. The quantitative estimate of drug-likeness (QED) is 0.168. The van der Waals surface area contributed by atoms with Crippen molar-refractivity contribution in [3.63, 3.8) is 0 Å². The summed E-state index contributed by atoms with van der Waals surface area (Å²) in [7, 11) is 0. The van der Waals surface area contributed by atoms with Crippen molar-refractivity contribution >= 4 is 32.6 Å². The Morgan fingerprint density at radius 2 is 0.903 bits per heavy atom. The summed E-state index contributed by atoms with van der Waals surface area (Å²) in [4.78, 5) is 10.5. The van der Waals surface area contributed by atoms with Crippen LogP contribution in [0.4, 0.5) is 0 Å². The normalized spacial score (nSPS) is 12.8. The molecule has 2 aromatic heterocycles. The second-order valence-electron chi connectivity index (χ2n) is 17.0. The first kappa shape index (κ1) is 36.0. The maximum Gasteiger partial charge on any atom is 0.160 e. The number of benzene rings is 9. The van der Waals surface area contributed by atoms with Crippen molar-refractivity contribution < 1.29 is 0 Å². The summed E-state index contributed by atoms with van der Waals surface area (Å²) in [6.45, 7) is 4.67. The predicted molar refractivity (Wildman–Crippen MR) is 259 cm³/mol. The molecule has 0 radical (unpaired) electrons. The van der Waals surface area contributed by atoms with Crippen LogP contribution in [0.15, 0.2) is 212 Å². The molecule has 0 fully saturated rings. The van der Waals surface area contributed by atoms with E-state index in [-0.39, 0.29) is 5.41 Å². The van der Waals surface area contributed by atoms with Gasteiger partial charge >= 0.3 is 0 Å². The summed E-state index contributed by atoms with van der Waals surface area (Å²) in [6.07, 6.45) is 0. The zero-order valence-corrected chi connectivity index (χ0v) is 34.5. The minimum atomic E-state index is -0.0489. The minimum absolute atomic E-state index is 0.0489. The van der Waals surface area contributed by atoms with Gasteiger partial charge in [0.1, 0.15) is 0 Å². The third kappa shape index (κ3) is 5.73. The number of hydrogen-bond acceptors (Lipinski definition) is 2. The van der Waals surface area contributed by atoms with Gasteiger partial charge in [0.15, 0.2) is 5.82 Å². The third-order valence-electron chi connectivity index (χ3n) is 13.1. The Morgan fingerprint density at radius 3 is 1.71 bits per heavy atom. The van der Waals surface area contributed by atoms with E-state index in [2.05, 4.69) is 225 Å². The molecule has 3 nitrogen and oxygen atoms in total. The van der Waals surface area contributed by atoms with Crippen LogP contribution in [0, 0.1) is 0 Å². The van der Waals surface area contributed by atoms with Crippen LogP contribution in [0.25, 0.3) is 106 Å². The summed E-state index contributed by atoms with van der Waals surface area (Å²) in [5.41, 5.74) is 18.6. The van der Waals surface area contributed by atoms with Gasteiger partial charge in [-0.1, -0.05) is 190 Å². The first-order valence-electron chi connectivity index (χ1n) is 21.4. The smallest absolute Gasteiger partial charge is 0.160 e. The highest BCUT2D eigenvalue weighted by atomic mass is 15.0. The van der Waals surface area contributed by atoms with Crippen molar-refractivity contribution in [2.45, 2.75) is 19.3 Å². The van der Waals surface area contributed by atoms with Gasteiger partial charge in [0, 0.05) is 38.6 Å². The summed E-state index contributed by atoms with van der Waals surface area (Å²) in [5, 5.41) is 4.82. The summed E-state index contributed by atoms with van der Waals surface area (Å²) in [5.74, 6) is 0.704. The lowest BCUT2D eigenvalue weighted by atomic mass is 9.81. The molecule has 11 aromatic rings. The number of hydrogen-bond donors (Lipinski definition) is 0. The summed E-state index contributed by atoms with van der Waals surface area (Å²) in [6, 6.07) is 76.6. The molecule has 2 heterocycles. The molecule has 0 bridgehead atoms. The first-order chi connectivity index (χ1) is 30.5. The number of nitrogens with zero attached hydrogens (tertiary/aromatic N) is 3. The molecule has 62 heavy (non-hydrogen) atoms. The molecule has 0 aliphatic heterocycles. The Bertz CT molecular complexity index is 3520. The van der Waals surface area contributed by atoms with Gasteiger partial charge in [0.05, 0.1) is 22.4 Å². The molecule has 0 atom stereocenters. The lowest BCUT2D eigenvalue weighted by Crippen LogP contribution is -2.14. The van der Waals surface area contributed by atoms with Crippen LogP contribution in [0.1, 0.15) is 25.0 Å². The monoisotopic (exact) mass is 791 g/mol. The third-order valence-corrected chi connectivity index (χ3v) is 13.1. The number of aromatic nitrogens is 3. The SMILES string of the molecule is CC1(C)c2ccccc2-c2ccc(-c3ccc(-c4cc(-c5ccc(-c6ccc7c8ccccc8n(-c8ccccc8)c7c6)c6ccccc56)nc(-c5ccccc5)n4)cc3)cc21. The van der Waals surface area contributed by atoms with Crippen LogP contribution in [-0.2, 0) is 5.41 Å². The van der Waals surface area contributed by atoms with E-state index in [9.17, 15) is 0 Å². The lowest BCUT2D eigenvalue weighted by Gasteiger charge is -2.22. The van der Waals surface area contributed by atoms with Crippen molar-refractivity contribution in [1.29, 1.82) is 0 Å². The molecular formula is C59H41N3. The molecule has 0 spiro atoms. The van der Waals surface area contributed by atoms with Crippen molar-refractivity contribution in [2.24, 2.45) is 0 Å². The van der Waals surface area contributed by atoms with Crippen LogP contribution >= 0.6 is 0 Å². The van der Waals surface area contributed by atoms with E-state index >= 15 is 0 Å². The Hall–Kier alpha value is -7.88. The predicted octanol–water partition coefficient (Wildman–Crippen LogP) is 15.4. The topological polar surface area (TPSA) is 30.7 Å². The van der Waals surface area contributed by atoms with E-state index in [1.54, 1.807) is 0 Å². The molecule has 292 valence electrons. The van der Waals surface area contributed by atoms with Gasteiger partial charge in [-0.15, -0.1) is 0 Å². The largest absolute Gasteiger partial charge is 0.309 e. The Labute approximate surface area is 361 Å². The van der Waals surface area contributed by atoms with Gasteiger partial charge in [-0.25, -0.2) is 9.97 Å². The average molecular weight is 792 g/mol. The molecule has 1 aliphatic carbocycles. The van der Waals surface area contributed by atoms with Gasteiger partial charge in [0.25, 0.3) is 0 Å². The van der Waals surface area contributed by atoms with Gasteiger partial charge in [0.2, 0.25) is 0 Å². The molecule has 0 saturated carbocycles. The lowest BCUT2D eigenvalue weighted by molar-refractivity contribution is 0.660. The maximum absolute atomic E-state index is 5.28. The van der Waals surface area contributed by atoms with Crippen LogP contribution in [0.3, 0.4) is 0 Å². The van der Waals surface area contributed by atoms with E-state index in [1.807, 2.05) is 6.07 Å². The fraction of sp³-hybridized carbons (Fsp3) is 0.0508. The van der Waals surface area contributed by atoms with Crippen molar-refractivity contribution in [3.05, 3.63) is 223 Å². The fourth-order valence-corrected chi connectivity index (χ4v) is 9.93. The molecule has 0 saturated heterocycles. The average Bonchev–Trinajstić information content (AvgIpc) is 3.79. The highest BCUT2D eigenvalue weighted by Crippen LogP contribution is 2.49. The number of fused-ring (bicyclic) bond motifs is 7. The Kier molecular flexibility index (Phi) is 8.20. The van der Waals surface area contributed by atoms with Crippen LogP contribution < -0.4 is 0 Å². The van der Waals surface area contributed by atoms with Crippen LogP contribution in [-0.4, -0.2) is 14.5 Å². The zero-order chi connectivity index (χ0) is 41.4. The van der Waals surface area contributed by atoms with E-state index in [0.717, 1.165) is 39.2 Å². The molecule has 0 unspecified atom stereocenters. The van der Waals surface area contributed by atoms with E-state index < -0.39 is 0 Å². The minimum Gasteiger partial charge on any atom is -0.309 e. The second kappa shape index (κ2) is 14.1. The van der Waals surface area contributed by atoms with Crippen molar-refractivity contribution in [2.75, 3.05) is 0 Å². The Balaban J connectivity index is 0.962. The standard InChI is InChI=1S/C59H41N3/c1-59(2)52-23-13-11-21-47(52)48-31-29-41(35-53(48)59)38-25-27-39(28-26-38)54-37-55(61-58(60-54)40-15-5-3-6-16-40)49-34-33-44(45-19-9-10-20-46(45)49)42-30-32-51-50-22-12-14-24-56(50)62(57(51)36-42)43-17-7-4-8-18-43/h3-37H,1-2H3. The zero-order valence-electron chi connectivity index (χ0n) is 34.5. The van der Waals surface area contributed by atoms with Gasteiger partial charge < -0.3 is 4.57 Å². The molecule has 3 heteroatoms.